The lowest BCUT2D eigenvalue weighted by atomic mass is 10.1. The van der Waals surface area contributed by atoms with Crippen LogP contribution in [-0.4, -0.2) is 75.5 Å². The molecule has 1 heterocycles. The fourth-order valence-corrected chi connectivity index (χ4v) is 3.66. The zero-order valence-corrected chi connectivity index (χ0v) is 18.8. The van der Waals surface area contributed by atoms with Crippen LogP contribution in [0.2, 0.25) is 0 Å². The number of carbonyl (C=O) groups is 5. The first-order valence-corrected chi connectivity index (χ1v) is 11.2. The summed E-state index contributed by atoms with van der Waals surface area (Å²) in [6.07, 6.45) is 4.10. The van der Waals surface area contributed by atoms with Crippen LogP contribution in [-0.2, 0) is 24.0 Å². The Hall–Kier alpha value is -2.69. The molecule has 182 valence electrons. The molecule has 11 heteroatoms. The van der Waals surface area contributed by atoms with E-state index in [2.05, 4.69) is 10.6 Å². The molecule has 1 aliphatic rings. The quantitative estimate of drug-likeness (QED) is 0.246. The zero-order valence-electron chi connectivity index (χ0n) is 18.8. The highest BCUT2D eigenvalue weighted by molar-refractivity contribution is 5.94. The average Bonchev–Trinajstić information content (AvgIpc) is 3.23. The maximum absolute atomic E-state index is 12.9. The largest absolute Gasteiger partial charge is 0.481 e. The third-order valence-electron chi connectivity index (χ3n) is 5.50. The van der Waals surface area contributed by atoms with Gasteiger partial charge in [-0.2, -0.15) is 0 Å². The number of nitrogens with zero attached hydrogens (tertiary/aromatic N) is 1. The molecule has 32 heavy (non-hydrogen) atoms. The first-order valence-electron chi connectivity index (χ1n) is 11.2. The number of amides is 3. The van der Waals surface area contributed by atoms with Crippen molar-refractivity contribution < 1.29 is 34.2 Å². The molecule has 0 bridgehead atoms. The molecule has 0 aliphatic carbocycles. The van der Waals surface area contributed by atoms with Gasteiger partial charge in [0.1, 0.15) is 18.1 Å². The van der Waals surface area contributed by atoms with Crippen molar-refractivity contribution >= 4 is 29.7 Å². The molecule has 1 saturated heterocycles. The second kappa shape index (κ2) is 13.7. The second-order valence-electron chi connectivity index (χ2n) is 8.14. The lowest BCUT2D eigenvalue weighted by molar-refractivity contribution is -0.147. The monoisotopic (exact) mass is 456 g/mol. The summed E-state index contributed by atoms with van der Waals surface area (Å²) in [5.41, 5.74) is 5.99. The summed E-state index contributed by atoms with van der Waals surface area (Å²) in [5, 5.41) is 22.9. The van der Waals surface area contributed by atoms with Crippen molar-refractivity contribution in [3.63, 3.8) is 0 Å². The van der Waals surface area contributed by atoms with E-state index in [9.17, 15) is 29.1 Å². The minimum atomic E-state index is -1.61. The highest BCUT2D eigenvalue weighted by atomic mass is 16.4. The number of carboxylic acid groups (broad SMARTS) is 2. The Kier molecular flexibility index (Phi) is 11.7. The number of carboxylic acids is 2. The van der Waals surface area contributed by atoms with Crippen molar-refractivity contribution in [2.24, 2.45) is 5.73 Å². The van der Waals surface area contributed by atoms with Gasteiger partial charge in [-0.15, -0.1) is 0 Å². The molecular formula is C21H36N4O7. The zero-order chi connectivity index (χ0) is 24.3. The van der Waals surface area contributed by atoms with Crippen molar-refractivity contribution in [1.82, 2.24) is 15.5 Å². The minimum absolute atomic E-state index is 0.254. The summed E-state index contributed by atoms with van der Waals surface area (Å²) < 4.78 is 0. The van der Waals surface area contributed by atoms with E-state index in [0.717, 1.165) is 19.3 Å². The second-order valence-corrected chi connectivity index (χ2v) is 8.14. The van der Waals surface area contributed by atoms with Crippen LogP contribution in [0.4, 0.5) is 0 Å². The Bertz CT molecular complexity index is 685. The first kappa shape index (κ1) is 27.3. The molecule has 1 aliphatic heterocycles. The normalized spacial score (nSPS) is 18.5. The van der Waals surface area contributed by atoms with Crippen LogP contribution < -0.4 is 16.4 Å². The van der Waals surface area contributed by atoms with Crippen LogP contribution in [0.1, 0.15) is 71.6 Å². The van der Waals surface area contributed by atoms with Gasteiger partial charge in [0.25, 0.3) is 0 Å². The van der Waals surface area contributed by atoms with Gasteiger partial charge < -0.3 is 31.5 Å². The SMILES string of the molecule is CCCC[C@H](NC(=O)[C@@H]1CCCN1C(=O)[C@@H](N)CCCC)C(=O)N[C@@H](CC(=O)O)C(=O)O. The molecule has 0 aromatic rings. The predicted octanol–water partition coefficient (Wildman–Crippen LogP) is 0.214. The summed E-state index contributed by atoms with van der Waals surface area (Å²) >= 11 is 0. The fraction of sp³-hybridized carbons (Fsp3) is 0.762. The molecular weight excluding hydrogens is 420 g/mol. The third-order valence-corrected chi connectivity index (χ3v) is 5.50. The molecule has 0 spiro atoms. The summed E-state index contributed by atoms with van der Waals surface area (Å²) in [6, 6.07) is -4.08. The third kappa shape index (κ3) is 8.45. The summed E-state index contributed by atoms with van der Waals surface area (Å²) in [5.74, 6) is -4.41. The van der Waals surface area contributed by atoms with E-state index in [0.29, 0.717) is 32.2 Å². The minimum Gasteiger partial charge on any atom is -0.481 e. The molecule has 1 rings (SSSR count). The number of likely N-dealkylation sites (tertiary alicyclic amines) is 1. The van der Waals surface area contributed by atoms with Crippen LogP contribution in [0.5, 0.6) is 0 Å². The number of nitrogens with one attached hydrogen (secondary N) is 2. The van der Waals surface area contributed by atoms with Gasteiger partial charge in [0, 0.05) is 6.54 Å². The van der Waals surface area contributed by atoms with Gasteiger partial charge >= 0.3 is 11.9 Å². The first-order chi connectivity index (χ1) is 15.1. The van der Waals surface area contributed by atoms with E-state index in [4.69, 9.17) is 10.8 Å². The number of hydrogen-bond acceptors (Lipinski definition) is 6. The molecule has 6 N–H and O–H groups in total. The van der Waals surface area contributed by atoms with Crippen molar-refractivity contribution in [2.75, 3.05) is 6.54 Å². The van der Waals surface area contributed by atoms with Crippen LogP contribution >= 0.6 is 0 Å². The number of rotatable bonds is 14. The standard InChI is InChI=1S/C21H36N4O7/c1-3-5-8-13(22)20(30)25-11-7-10-16(25)19(29)23-14(9-6-4-2)18(28)24-15(21(31)32)12-17(26)27/h13-16H,3-12,22H2,1-2H3,(H,23,29)(H,24,28)(H,26,27)(H,31,32)/t13-,14-,15-,16-/m0/s1. The number of aliphatic carboxylic acids is 2. The number of unbranched alkanes of at least 4 members (excludes halogenated alkanes) is 2. The molecule has 0 saturated carbocycles. The molecule has 0 aromatic heterocycles. The highest BCUT2D eigenvalue weighted by Crippen LogP contribution is 2.20. The Balaban J connectivity index is 2.87. The Morgan fingerprint density at radius 1 is 1.00 bits per heavy atom. The van der Waals surface area contributed by atoms with Gasteiger partial charge in [0.2, 0.25) is 17.7 Å². The molecule has 4 atom stereocenters. The number of hydrogen-bond donors (Lipinski definition) is 5. The molecule has 3 amide bonds. The van der Waals surface area contributed by atoms with Crippen molar-refractivity contribution in [3.8, 4) is 0 Å². The van der Waals surface area contributed by atoms with E-state index in [1.165, 1.54) is 4.90 Å². The summed E-state index contributed by atoms with van der Waals surface area (Å²) in [4.78, 5) is 61.9. The van der Waals surface area contributed by atoms with Gasteiger partial charge in [-0.25, -0.2) is 4.79 Å². The van der Waals surface area contributed by atoms with Crippen LogP contribution in [0.15, 0.2) is 0 Å². The fourth-order valence-electron chi connectivity index (χ4n) is 3.66. The highest BCUT2D eigenvalue weighted by Gasteiger charge is 2.37. The predicted molar refractivity (Wildman–Crippen MR) is 116 cm³/mol. The van der Waals surface area contributed by atoms with Crippen LogP contribution in [0.3, 0.4) is 0 Å². The van der Waals surface area contributed by atoms with E-state index in [1.807, 2.05) is 13.8 Å². The Morgan fingerprint density at radius 3 is 2.19 bits per heavy atom. The molecule has 0 aromatic carbocycles. The smallest absolute Gasteiger partial charge is 0.326 e. The van der Waals surface area contributed by atoms with Gasteiger partial charge in [-0.3, -0.25) is 19.2 Å². The Morgan fingerprint density at radius 2 is 1.62 bits per heavy atom. The number of nitrogens with two attached hydrogens (primary N) is 1. The van der Waals surface area contributed by atoms with E-state index in [-0.39, 0.29) is 12.3 Å². The lowest BCUT2D eigenvalue weighted by Gasteiger charge is -2.28. The average molecular weight is 457 g/mol. The maximum Gasteiger partial charge on any atom is 0.326 e. The maximum atomic E-state index is 12.9. The van der Waals surface area contributed by atoms with Crippen LogP contribution in [0.25, 0.3) is 0 Å². The van der Waals surface area contributed by atoms with Crippen molar-refractivity contribution in [2.45, 2.75) is 95.8 Å². The van der Waals surface area contributed by atoms with E-state index >= 15 is 0 Å². The van der Waals surface area contributed by atoms with Gasteiger partial charge in [-0.1, -0.05) is 39.5 Å². The van der Waals surface area contributed by atoms with E-state index in [1.54, 1.807) is 0 Å². The number of carbonyl (C=O) groups excluding carboxylic acids is 3. The molecule has 0 unspecified atom stereocenters. The summed E-state index contributed by atoms with van der Waals surface area (Å²) in [6.45, 7) is 4.30. The van der Waals surface area contributed by atoms with Crippen molar-refractivity contribution in [3.05, 3.63) is 0 Å². The molecule has 0 radical (unpaired) electrons. The van der Waals surface area contributed by atoms with E-state index < -0.39 is 54.3 Å². The van der Waals surface area contributed by atoms with Crippen LogP contribution in [0, 0.1) is 0 Å². The topological polar surface area (TPSA) is 179 Å². The van der Waals surface area contributed by atoms with Crippen molar-refractivity contribution in [1.29, 1.82) is 0 Å². The lowest BCUT2D eigenvalue weighted by Crippen LogP contribution is -2.56. The van der Waals surface area contributed by atoms with Gasteiger partial charge in [-0.05, 0) is 25.7 Å². The van der Waals surface area contributed by atoms with Gasteiger partial charge in [0.15, 0.2) is 0 Å². The Labute approximate surface area is 188 Å². The molecule has 11 nitrogen and oxygen atoms in total. The molecule has 1 fully saturated rings. The summed E-state index contributed by atoms with van der Waals surface area (Å²) in [7, 11) is 0. The van der Waals surface area contributed by atoms with Gasteiger partial charge in [0.05, 0.1) is 12.5 Å².